The normalized spacial score (nSPS) is 12.4. The second-order valence-corrected chi connectivity index (χ2v) is 4.28. The molecule has 0 aliphatic heterocycles. The van der Waals surface area contributed by atoms with Crippen molar-refractivity contribution >= 4 is 15.4 Å². The van der Waals surface area contributed by atoms with Gasteiger partial charge in [0.15, 0.2) is 0 Å². The second kappa shape index (κ2) is 2.82. The Labute approximate surface area is 87.0 Å². The fourth-order valence-electron chi connectivity index (χ4n) is 2.15. The highest BCUT2D eigenvalue weighted by molar-refractivity contribution is 6.32. The molecule has 0 fully saturated rings. The van der Waals surface area contributed by atoms with Crippen molar-refractivity contribution in [1.29, 1.82) is 0 Å². The summed E-state index contributed by atoms with van der Waals surface area (Å²) in [5.74, 6) is 0. The Kier molecular flexibility index (Phi) is 1.61. The molecule has 0 bridgehead atoms. The lowest BCUT2D eigenvalue weighted by Crippen LogP contribution is -2.01. The van der Waals surface area contributed by atoms with E-state index in [0.717, 1.165) is 11.6 Å². The minimum atomic E-state index is 1.07. The maximum atomic E-state index is 3.56. The van der Waals surface area contributed by atoms with Crippen LogP contribution in [-0.4, -0.2) is 10.2 Å². The third-order valence-corrected chi connectivity index (χ3v) is 3.10. The summed E-state index contributed by atoms with van der Waals surface area (Å²) in [6, 6.07) is 15.2. The first-order chi connectivity index (χ1) is 6.84. The van der Waals surface area contributed by atoms with Crippen molar-refractivity contribution in [1.82, 2.24) is 0 Å². The molecule has 0 heterocycles. The average molecular weight is 193 g/mol. The summed E-state index contributed by atoms with van der Waals surface area (Å²) in [7, 11) is 3.56. The number of rotatable bonds is 0. The fraction of sp³-hybridized carbons (Fsp3) is 0.0769. The third-order valence-electron chi connectivity index (χ3n) is 2.79. The van der Waals surface area contributed by atoms with E-state index >= 15 is 0 Å². The molecule has 1 aliphatic rings. The molecule has 0 unspecified atom stereocenters. The topological polar surface area (TPSA) is 0 Å². The Morgan fingerprint density at radius 1 is 0.857 bits per heavy atom. The molecule has 3 radical (unpaired) electrons. The Bertz CT molecular complexity index is 500. The maximum absolute atomic E-state index is 3.56. The van der Waals surface area contributed by atoms with Crippen LogP contribution in [0.5, 0.6) is 0 Å². The Hall–Kier alpha value is -1.34. The number of hydrogen-bond acceptors (Lipinski definition) is 0. The van der Waals surface area contributed by atoms with Crippen LogP contribution in [0.4, 0.5) is 0 Å². The molecular formula is C13H9Si. The van der Waals surface area contributed by atoms with E-state index < -0.39 is 0 Å². The van der Waals surface area contributed by atoms with E-state index in [2.05, 4.69) is 52.7 Å². The Balaban J connectivity index is 2.27. The van der Waals surface area contributed by atoms with E-state index in [-0.39, 0.29) is 0 Å². The Morgan fingerprint density at radius 2 is 1.64 bits per heavy atom. The molecule has 1 heteroatoms. The highest BCUT2D eigenvalue weighted by Crippen LogP contribution is 2.35. The van der Waals surface area contributed by atoms with Crippen LogP contribution in [-0.2, 0) is 6.42 Å². The van der Waals surface area contributed by atoms with E-state index in [1.165, 1.54) is 22.3 Å². The van der Waals surface area contributed by atoms with Crippen molar-refractivity contribution in [2.75, 3.05) is 0 Å². The molecule has 0 amide bonds. The molecule has 3 rings (SSSR count). The monoisotopic (exact) mass is 193 g/mol. The summed E-state index contributed by atoms with van der Waals surface area (Å²) < 4.78 is 0. The largest absolute Gasteiger partial charge is 0.0711 e. The number of fused-ring (bicyclic) bond motifs is 3. The zero-order chi connectivity index (χ0) is 9.54. The fourth-order valence-corrected chi connectivity index (χ4v) is 2.40. The van der Waals surface area contributed by atoms with Crippen molar-refractivity contribution in [3.8, 4) is 11.1 Å². The predicted molar refractivity (Wildman–Crippen MR) is 60.1 cm³/mol. The van der Waals surface area contributed by atoms with Gasteiger partial charge in [0.2, 0.25) is 0 Å². The van der Waals surface area contributed by atoms with Crippen LogP contribution in [0.2, 0.25) is 0 Å². The van der Waals surface area contributed by atoms with Crippen LogP contribution in [0.1, 0.15) is 11.1 Å². The van der Waals surface area contributed by atoms with Gasteiger partial charge in [0, 0.05) is 0 Å². The molecule has 0 aromatic heterocycles. The number of hydrogen-bond donors (Lipinski definition) is 0. The molecule has 0 spiro atoms. The van der Waals surface area contributed by atoms with E-state index in [9.17, 15) is 0 Å². The molecule has 65 valence electrons. The van der Waals surface area contributed by atoms with Crippen molar-refractivity contribution < 1.29 is 0 Å². The molecule has 2 aromatic carbocycles. The van der Waals surface area contributed by atoms with Crippen LogP contribution in [0.25, 0.3) is 11.1 Å². The highest BCUT2D eigenvalue weighted by Gasteiger charge is 2.16. The minimum absolute atomic E-state index is 1.07. The second-order valence-electron chi connectivity index (χ2n) is 3.71. The first kappa shape index (κ1) is 8.01. The van der Waals surface area contributed by atoms with Gasteiger partial charge in [-0.3, -0.25) is 0 Å². The van der Waals surface area contributed by atoms with Crippen molar-refractivity contribution in [2.45, 2.75) is 6.42 Å². The van der Waals surface area contributed by atoms with Crippen molar-refractivity contribution in [3.63, 3.8) is 0 Å². The smallest absolute Gasteiger partial charge is 0.0670 e. The molecule has 2 aromatic rings. The SMILES string of the molecule is [Si]c1ccc2c(c1)Cc1ccccc1-2. The van der Waals surface area contributed by atoms with Gasteiger partial charge >= 0.3 is 0 Å². The van der Waals surface area contributed by atoms with Gasteiger partial charge in [0.05, 0.1) is 10.2 Å². The van der Waals surface area contributed by atoms with E-state index in [0.29, 0.717) is 0 Å². The van der Waals surface area contributed by atoms with Gasteiger partial charge in [-0.1, -0.05) is 47.7 Å². The van der Waals surface area contributed by atoms with Crippen LogP contribution in [0.15, 0.2) is 42.5 Å². The summed E-state index contributed by atoms with van der Waals surface area (Å²) in [6.45, 7) is 0. The zero-order valence-electron chi connectivity index (χ0n) is 7.75. The van der Waals surface area contributed by atoms with Crippen LogP contribution in [0.3, 0.4) is 0 Å². The van der Waals surface area contributed by atoms with Gasteiger partial charge in [-0.25, -0.2) is 0 Å². The summed E-state index contributed by atoms with van der Waals surface area (Å²) >= 11 is 0. The van der Waals surface area contributed by atoms with E-state index in [1.54, 1.807) is 0 Å². The summed E-state index contributed by atoms with van der Waals surface area (Å²) in [5, 5.41) is 1.16. The summed E-state index contributed by atoms with van der Waals surface area (Å²) in [5.41, 5.74) is 5.66. The average Bonchev–Trinajstić information content (AvgIpc) is 2.54. The summed E-state index contributed by atoms with van der Waals surface area (Å²) in [4.78, 5) is 0. The van der Waals surface area contributed by atoms with E-state index in [1.807, 2.05) is 0 Å². The molecule has 1 aliphatic carbocycles. The maximum Gasteiger partial charge on any atom is 0.0711 e. The summed E-state index contributed by atoms with van der Waals surface area (Å²) in [6.07, 6.45) is 1.07. The Morgan fingerprint density at radius 3 is 2.57 bits per heavy atom. The quantitative estimate of drug-likeness (QED) is 0.479. The molecule has 14 heavy (non-hydrogen) atoms. The minimum Gasteiger partial charge on any atom is -0.0670 e. The molecule has 0 saturated heterocycles. The lowest BCUT2D eigenvalue weighted by molar-refractivity contribution is 1.27. The van der Waals surface area contributed by atoms with Gasteiger partial charge in [-0.2, -0.15) is 0 Å². The van der Waals surface area contributed by atoms with Crippen LogP contribution < -0.4 is 5.19 Å². The number of benzene rings is 2. The standard InChI is InChI=1S/C13H9Si/c14-11-5-6-13-10(8-11)7-9-3-1-2-4-12(9)13/h1-6,8H,7H2. The lowest BCUT2D eigenvalue weighted by atomic mass is 10.1. The molecule has 0 atom stereocenters. The first-order valence-corrected chi connectivity index (χ1v) is 5.27. The van der Waals surface area contributed by atoms with Gasteiger partial charge < -0.3 is 0 Å². The first-order valence-electron chi connectivity index (χ1n) is 4.77. The van der Waals surface area contributed by atoms with E-state index in [4.69, 9.17) is 0 Å². The van der Waals surface area contributed by atoms with Crippen LogP contribution in [0, 0.1) is 0 Å². The van der Waals surface area contributed by atoms with Gasteiger partial charge in [0.1, 0.15) is 0 Å². The predicted octanol–water partition coefficient (Wildman–Crippen LogP) is 2.05. The molecule has 0 nitrogen and oxygen atoms in total. The molecule has 0 N–H and O–H groups in total. The highest BCUT2D eigenvalue weighted by atomic mass is 28.1. The van der Waals surface area contributed by atoms with Gasteiger partial charge in [-0.05, 0) is 28.7 Å². The van der Waals surface area contributed by atoms with Gasteiger partial charge in [-0.15, -0.1) is 0 Å². The van der Waals surface area contributed by atoms with Crippen LogP contribution >= 0.6 is 0 Å². The molecular weight excluding hydrogens is 184 g/mol. The molecule has 0 saturated carbocycles. The lowest BCUT2D eigenvalue weighted by Gasteiger charge is -2.00. The van der Waals surface area contributed by atoms with Crippen molar-refractivity contribution in [3.05, 3.63) is 53.6 Å². The third kappa shape index (κ3) is 1.06. The zero-order valence-corrected chi connectivity index (χ0v) is 8.75. The van der Waals surface area contributed by atoms with Gasteiger partial charge in [0.25, 0.3) is 0 Å². The van der Waals surface area contributed by atoms with Crippen molar-refractivity contribution in [2.24, 2.45) is 0 Å².